The lowest BCUT2D eigenvalue weighted by molar-refractivity contribution is -0.140. The van der Waals surface area contributed by atoms with Crippen LogP contribution in [0.3, 0.4) is 0 Å². The first-order chi connectivity index (χ1) is 17.1. The van der Waals surface area contributed by atoms with Crippen molar-refractivity contribution in [2.45, 2.75) is 46.3 Å². The van der Waals surface area contributed by atoms with E-state index >= 15 is 0 Å². The van der Waals surface area contributed by atoms with E-state index in [1.165, 1.54) is 4.57 Å². The van der Waals surface area contributed by atoms with E-state index in [0.29, 0.717) is 35.4 Å². The van der Waals surface area contributed by atoms with Gasteiger partial charge in [0.2, 0.25) is 0 Å². The van der Waals surface area contributed by atoms with Gasteiger partial charge in [0, 0.05) is 30.9 Å². The Bertz CT molecular complexity index is 1290. The van der Waals surface area contributed by atoms with Gasteiger partial charge in [0.1, 0.15) is 5.82 Å². The monoisotopic (exact) mass is 496 g/mol. The van der Waals surface area contributed by atoms with Gasteiger partial charge in [0.15, 0.2) is 17.3 Å². The predicted molar refractivity (Wildman–Crippen MR) is 138 cm³/mol. The highest BCUT2D eigenvalue weighted by atomic mass is 19.4. The minimum atomic E-state index is -4.48. The van der Waals surface area contributed by atoms with E-state index in [4.69, 9.17) is 5.73 Å². The number of nitrogens with zero attached hydrogens (tertiary/aromatic N) is 4. The van der Waals surface area contributed by atoms with Gasteiger partial charge in [0.05, 0.1) is 11.9 Å². The van der Waals surface area contributed by atoms with Crippen molar-refractivity contribution in [3.05, 3.63) is 77.7 Å². The number of anilines is 2. The minimum absolute atomic E-state index is 0.250. The van der Waals surface area contributed by atoms with Gasteiger partial charge in [-0.2, -0.15) is 13.2 Å². The maximum absolute atomic E-state index is 12.9. The number of hydrogen-bond donors (Lipinski definition) is 2. The Morgan fingerprint density at radius 3 is 2.28 bits per heavy atom. The lowest BCUT2D eigenvalue weighted by Gasteiger charge is -2.14. The summed E-state index contributed by atoms with van der Waals surface area (Å²) in [5.41, 5.74) is 9.22. The summed E-state index contributed by atoms with van der Waals surface area (Å²) >= 11 is 0. The second-order valence-electron chi connectivity index (χ2n) is 8.35. The summed E-state index contributed by atoms with van der Waals surface area (Å²) in [7, 11) is 1.54. The van der Waals surface area contributed by atoms with E-state index in [1.807, 2.05) is 44.2 Å². The van der Waals surface area contributed by atoms with E-state index in [2.05, 4.69) is 40.2 Å². The van der Waals surface area contributed by atoms with Crippen LogP contribution in [0.2, 0.25) is 0 Å². The molecule has 6 nitrogen and oxygen atoms in total. The highest BCUT2D eigenvalue weighted by Gasteiger charge is 2.34. The molecular weight excluding hydrogens is 465 g/mol. The largest absolute Gasteiger partial charge is 0.434 e. The predicted octanol–water partition coefficient (Wildman–Crippen LogP) is 6.91. The van der Waals surface area contributed by atoms with E-state index in [9.17, 15) is 13.2 Å². The Morgan fingerprint density at radius 2 is 1.67 bits per heavy atom. The summed E-state index contributed by atoms with van der Waals surface area (Å²) in [4.78, 5) is 12.8. The Morgan fingerprint density at radius 1 is 1.00 bits per heavy atom. The zero-order valence-electron chi connectivity index (χ0n) is 21.1. The summed E-state index contributed by atoms with van der Waals surface area (Å²) in [6.07, 6.45) is -1.91. The molecule has 9 heteroatoms. The van der Waals surface area contributed by atoms with Crippen molar-refractivity contribution < 1.29 is 13.2 Å². The standard InChI is InChI=1S/C25H25F3N6.C2H6/c1-15(2)18-6-4-5-7-19(18)22-31-13-20(29)23(33-22)30-12-16-8-10-17(11-9-16)24-32-21(14-34(24)3)25(26,27)28;1-2/h4-11,13-15H,12,29H2,1-3H3,(H,30,31,33);1-2H3. The Kier molecular flexibility index (Phi) is 8.34. The minimum Gasteiger partial charge on any atom is -0.394 e. The first kappa shape index (κ1) is 26.7. The maximum Gasteiger partial charge on any atom is 0.434 e. The van der Waals surface area contributed by atoms with Crippen molar-refractivity contribution in [2.75, 3.05) is 11.1 Å². The van der Waals surface area contributed by atoms with Crippen LogP contribution in [0.15, 0.2) is 60.9 Å². The average Bonchev–Trinajstić information content (AvgIpc) is 3.27. The first-order valence-corrected chi connectivity index (χ1v) is 11.8. The molecule has 4 rings (SSSR count). The van der Waals surface area contributed by atoms with Gasteiger partial charge in [-0.25, -0.2) is 15.0 Å². The van der Waals surface area contributed by atoms with E-state index in [0.717, 1.165) is 22.9 Å². The molecule has 0 saturated heterocycles. The number of benzene rings is 2. The fraction of sp³-hybridized carbons (Fsp3) is 0.296. The molecule has 0 spiro atoms. The summed E-state index contributed by atoms with van der Waals surface area (Å²) in [6, 6.07) is 15.1. The SMILES string of the molecule is CC.CC(C)c1ccccc1-c1ncc(N)c(NCc2ccc(-c3nc(C(F)(F)F)cn3C)cc2)n1. The molecule has 0 fully saturated rings. The third kappa shape index (κ3) is 6.02. The number of hydrogen-bond acceptors (Lipinski definition) is 5. The van der Waals surface area contributed by atoms with Gasteiger partial charge in [-0.1, -0.05) is 76.2 Å². The molecule has 3 N–H and O–H groups in total. The highest BCUT2D eigenvalue weighted by Crippen LogP contribution is 2.31. The topological polar surface area (TPSA) is 81.6 Å². The number of nitrogens with two attached hydrogens (primary N) is 1. The van der Waals surface area contributed by atoms with E-state index in [1.54, 1.807) is 25.4 Å². The zero-order chi connectivity index (χ0) is 26.5. The quantitative estimate of drug-likeness (QED) is 0.303. The number of nitrogens with one attached hydrogen (secondary N) is 1. The fourth-order valence-corrected chi connectivity index (χ4v) is 3.70. The van der Waals surface area contributed by atoms with Crippen LogP contribution in [0.1, 0.15) is 50.4 Å². The third-order valence-electron chi connectivity index (χ3n) is 5.48. The maximum atomic E-state index is 12.9. The van der Waals surface area contributed by atoms with E-state index < -0.39 is 11.9 Å². The Balaban J connectivity index is 0.00000176. The van der Waals surface area contributed by atoms with Crippen LogP contribution in [0.4, 0.5) is 24.7 Å². The number of halogens is 3. The van der Waals surface area contributed by atoms with Gasteiger partial charge in [-0.15, -0.1) is 0 Å². The van der Waals surface area contributed by atoms with Gasteiger partial charge < -0.3 is 15.6 Å². The van der Waals surface area contributed by atoms with Crippen LogP contribution in [0.5, 0.6) is 0 Å². The Hall–Kier alpha value is -3.88. The van der Waals surface area contributed by atoms with Crippen LogP contribution in [-0.2, 0) is 19.8 Å². The molecule has 0 atom stereocenters. The second kappa shape index (κ2) is 11.2. The molecule has 0 aliphatic heterocycles. The molecule has 0 radical (unpaired) electrons. The van der Waals surface area contributed by atoms with Crippen LogP contribution >= 0.6 is 0 Å². The molecule has 0 amide bonds. The summed E-state index contributed by atoms with van der Waals surface area (Å²) in [5.74, 6) is 1.68. The number of imidazole rings is 1. The molecule has 36 heavy (non-hydrogen) atoms. The highest BCUT2D eigenvalue weighted by molar-refractivity contribution is 5.68. The summed E-state index contributed by atoms with van der Waals surface area (Å²) in [5, 5.41) is 3.24. The molecule has 2 heterocycles. The lowest BCUT2D eigenvalue weighted by atomic mass is 9.97. The van der Waals surface area contributed by atoms with Gasteiger partial charge in [0.25, 0.3) is 0 Å². The number of alkyl halides is 3. The average molecular weight is 497 g/mol. The third-order valence-corrected chi connectivity index (χ3v) is 5.48. The molecule has 0 unspecified atom stereocenters. The number of aromatic nitrogens is 4. The van der Waals surface area contributed by atoms with Crippen LogP contribution in [0, 0.1) is 0 Å². The van der Waals surface area contributed by atoms with Crippen LogP contribution < -0.4 is 11.1 Å². The molecule has 190 valence electrons. The lowest BCUT2D eigenvalue weighted by Crippen LogP contribution is -2.07. The van der Waals surface area contributed by atoms with Crippen molar-refractivity contribution in [3.63, 3.8) is 0 Å². The molecule has 2 aromatic carbocycles. The van der Waals surface area contributed by atoms with Crippen molar-refractivity contribution in [1.82, 2.24) is 19.5 Å². The van der Waals surface area contributed by atoms with Gasteiger partial charge in [-0.3, -0.25) is 0 Å². The van der Waals surface area contributed by atoms with E-state index in [-0.39, 0.29) is 5.82 Å². The number of aryl methyl sites for hydroxylation is 1. The fourth-order valence-electron chi connectivity index (χ4n) is 3.70. The molecule has 0 aliphatic carbocycles. The molecular formula is C27H31F3N6. The van der Waals surface area contributed by atoms with Crippen molar-refractivity contribution >= 4 is 11.5 Å². The van der Waals surface area contributed by atoms with Gasteiger partial charge in [-0.05, 0) is 17.0 Å². The van der Waals surface area contributed by atoms with Crippen LogP contribution in [0.25, 0.3) is 22.8 Å². The normalized spacial score (nSPS) is 11.2. The number of nitrogen functional groups attached to an aromatic ring is 1. The summed E-state index contributed by atoms with van der Waals surface area (Å²) in [6.45, 7) is 8.67. The number of rotatable bonds is 6. The molecule has 4 aromatic rings. The van der Waals surface area contributed by atoms with Gasteiger partial charge >= 0.3 is 6.18 Å². The summed E-state index contributed by atoms with van der Waals surface area (Å²) < 4.78 is 40.2. The van der Waals surface area contributed by atoms with Crippen molar-refractivity contribution in [1.29, 1.82) is 0 Å². The van der Waals surface area contributed by atoms with Crippen LogP contribution in [-0.4, -0.2) is 19.5 Å². The molecule has 2 aromatic heterocycles. The Labute approximate surface area is 209 Å². The smallest absolute Gasteiger partial charge is 0.394 e. The molecule has 0 aliphatic rings. The first-order valence-electron chi connectivity index (χ1n) is 11.8. The molecule has 0 saturated carbocycles. The zero-order valence-corrected chi connectivity index (χ0v) is 21.1. The van der Waals surface area contributed by atoms with Crippen molar-refractivity contribution in [3.8, 4) is 22.8 Å². The molecule has 0 bridgehead atoms. The van der Waals surface area contributed by atoms with Crippen molar-refractivity contribution in [2.24, 2.45) is 7.05 Å². The second-order valence-corrected chi connectivity index (χ2v) is 8.35.